The number of sulfone groups is 1. The zero-order chi connectivity index (χ0) is 10.2. The predicted molar refractivity (Wildman–Crippen MR) is 56.3 cm³/mol. The van der Waals surface area contributed by atoms with Crippen LogP contribution in [0.3, 0.4) is 0 Å². The van der Waals surface area contributed by atoms with Gasteiger partial charge in [-0.1, -0.05) is 0 Å². The van der Waals surface area contributed by atoms with E-state index in [2.05, 4.69) is 10.3 Å². The van der Waals surface area contributed by atoms with Gasteiger partial charge in [0.2, 0.25) is 0 Å². The fourth-order valence-electron chi connectivity index (χ4n) is 2.10. The second-order valence-electron chi connectivity index (χ2n) is 4.46. The number of amidine groups is 1. The number of rotatable bonds is 1. The molecule has 1 saturated heterocycles. The second-order valence-corrected chi connectivity index (χ2v) is 6.64. The molecule has 2 heterocycles. The van der Waals surface area contributed by atoms with Crippen molar-refractivity contribution in [3.63, 3.8) is 0 Å². The Morgan fingerprint density at radius 1 is 1.50 bits per heavy atom. The van der Waals surface area contributed by atoms with E-state index in [0.29, 0.717) is 12.2 Å². The van der Waals surface area contributed by atoms with E-state index in [1.54, 1.807) is 0 Å². The minimum Gasteiger partial charge on any atom is -0.368 e. The summed E-state index contributed by atoms with van der Waals surface area (Å²) < 4.78 is 22.7. The van der Waals surface area contributed by atoms with E-state index < -0.39 is 9.84 Å². The van der Waals surface area contributed by atoms with Gasteiger partial charge in [-0.05, 0) is 19.8 Å². The van der Waals surface area contributed by atoms with Crippen LogP contribution in [0.25, 0.3) is 0 Å². The van der Waals surface area contributed by atoms with Gasteiger partial charge >= 0.3 is 0 Å². The van der Waals surface area contributed by atoms with Gasteiger partial charge in [-0.3, -0.25) is 4.99 Å². The van der Waals surface area contributed by atoms with Gasteiger partial charge in [0.25, 0.3) is 0 Å². The molecule has 0 spiro atoms. The average Bonchev–Trinajstić information content (AvgIpc) is 2.60. The third-order valence-electron chi connectivity index (χ3n) is 2.82. The molecule has 0 saturated carbocycles. The lowest BCUT2D eigenvalue weighted by atomic mass is 10.0. The summed E-state index contributed by atoms with van der Waals surface area (Å²) in [5.74, 6) is 1.55. The monoisotopic (exact) mass is 216 g/mol. The van der Waals surface area contributed by atoms with Crippen LogP contribution >= 0.6 is 0 Å². The van der Waals surface area contributed by atoms with Crippen molar-refractivity contribution >= 4 is 15.7 Å². The SMILES string of the molecule is CC1(NC2=NCCC2)CCS(=O)(=O)C1. The van der Waals surface area contributed by atoms with Gasteiger partial charge in [-0.15, -0.1) is 0 Å². The van der Waals surface area contributed by atoms with Crippen LogP contribution in [0, 0.1) is 0 Å². The Morgan fingerprint density at radius 3 is 2.79 bits per heavy atom. The van der Waals surface area contributed by atoms with E-state index in [1.807, 2.05) is 6.92 Å². The molecule has 1 atom stereocenters. The largest absolute Gasteiger partial charge is 0.368 e. The molecule has 2 rings (SSSR count). The first-order chi connectivity index (χ1) is 6.49. The lowest BCUT2D eigenvalue weighted by Gasteiger charge is -2.24. The first kappa shape index (κ1) is 9.96. The fraction of sp³-hybridized carbons (Fsp3) is 0.889. The Labute approximate surface area is 84.7 Å². The average molecular weight is 216 g/mol. The van der Waals surface area contributed by atoms with Gasteiger partial charge in [0.05, 0.1) is 22.9 Å². The van der Waals surface area contributed by atoms with Crippen LogP contribution in [0.15, 0.2) is 4.99 Å². The summed E-state index contributed by atoms with van der Waals surface area (Å²) in [7, 11) is -2.81. The van der Waals surface area contributed by atoms with E-state index in [1.165, 1.54) is 0 Å². The zero-order valence-electron chi connectivity index (χ0n) is 8.41. The molecule has 80 valence electrons. The molecule has 1 unspecified atom stereocenters. The van der Waals surface area contributed by atoms with Crippen LogP contribution in [0.1, 0.15) is 26.2 Å². The van der Waals surface area contributed by atoms with Gasteiger partial charge in [0.15, 0.2) is 9.84 Å². The van der Waals surface area contributed by atoms with Crippen LogP contribution in [-0.4, -0.2) is 37.8 Å². The lowest BCUT2D eigenvalue weighted by molar-refractivity contribution is 0.469. The topological polar surface area (TPSA) is 58.5 Å². The smallest absolute Gasteiger partial charge is 0.152 e. The maximum Gasteiger partial charge on any atom is 0.152 e. The molecule has 2 aliphatic heterocycles. The van der Waals surface area contributed by atoms with Gasteiger partial charge in [-0.25, -0.2) is 8.42 Å². The molecule has 14 heavy (non-hydrogen) atoms. The summed E-state index contributed by atoms with van der Waals surface area (Å²) in [5.41, 5.74) is -0.276. The van der Waals surface area contributed by atoms with Crippen LogP contribution in [0.4, 0.5) is 0 Å². The molecule has 0 bridgehead atoms. The van der Waals surface area contributed by atoms with Crippen molar-refractivity contribution in [1.29, 1.82) is 0 Å². The molecule has 0 aromatic heterocycles. The highest BCUT2D eigenvalue weighted by molar-refractivity contribution is 7.91. The van der Waals surface area contributed by atoms with Crippen molar-refractivity contribution < 1.29 is 8.42 Å². The van der Waals surface area contributed by atoms with Crippen molar-refractivity contribution in [2.24, 2.45) is 4.99 Å². The molecule has 0 amide bonds. The first-order valence-electron chi connectivity index (χ1n) is 5.01. The van der Waals surface area contributed by atoms with Crippen LogP contribution in [-0.2, 0) is 9.84 Å². The normalized spacial score (nSPS) is 35.6. The maximum atomic E-state index is 11.3. The van der Waals surface area contributed by atoms with Crippen molar-refractivity contribution in [2.75, 3.05) is 18.1 Å². The van der Waals surface area contributed by atoms with Crippen molar-refractivity contribution in [1.82, 2.24) is 5.32 Å². The minimum absolute atomic E-state index is 0.249. The van der Waals surface area contributed by atoms with Crippen molar-refractivity contribution in [2.45, 2.75) is 31.7 Å². The summed E-state index contributed by atoms with van der Waals surface area (Å²) >= 11 is 0. The third-order valence-corrected chi connectivity index (χ3v) is 4.73. The fourth-order valence-corrected chi connectivity index (χ4v) is 4.19. The highest BCUT2D eigenvalue weighted by atomic mass is 32.2. The molecule has 2 aliphatic rings. The predicted octanol–water partition coefficient (Wildman–Crippen LogP) is 0.346. The van der Waals surface area contributed by atoms with Crippen molar-refractivity contribution in [3.8, 4) is 0 Å². The summed E-state index contributed by atoms with van der Waals surface area (Å²) in [6.45, 7) is 2.85. The highest BCUT2D eigenvalue weighted by Crippen LogP contribution is 2.23. The summed E-state index contributed by atoms with van der Waals surface area (Å²) in [5, 5.41) is 3.28. The first-order valence-corrected chi connectivity index (χ1v) is 6.83. The van der Waals surface area contributed by atoms with Crippen LogP contribution in [0.5, 0.6) is 0 Å². The van der Waals surface area contributed by atoms with E-state index in [0.717, 1.165) is 25.2 Å². The molecule has 0 aromatic carbocycles. The quantitative estimate of drug-likeness (QED) is 0.688. The van der Waals surface area contributed by atoms with E-state index >= 15 is 0 Å². The number of hydrogen-bond donors (Lipinski definition) is 1. The number of aliphatic imine (C=N–C) groups is 1. The van der Waals surface area contributed by atoms with E-state index in [-0.39, 0.29) is 11.3 Å². The van der Waals surface area contributed by atoms with Gasteiger partial charge in [-0.2, -0.15) is 0 Å². The summed E-state index contributed by atoms with van der Waals surface area (Å²) in [6, 6.07) is 0. The number of hydrogen-bond acceptors (Lipinski definition) is 4. The lowest BCUT2D eigenvalue weighted by Crippen LogP contribution is -2.46. The molecule has 5 heteroatoms. The Hall–Kier alpha value is -0.580. The molecule has 1 fully saturated rings. The molecular weight excluding hydrogens is 200 g/mol. The van der Waals surface area contributed by atoms with Crippen LogP contribution in [0.2, 0.25) is 0 Å². The molecule has 4 nitrogen and oxygen atoms in total. The van der Waals surface area contributed by atoms with Gasteiger partial charge in [0, 0.05) is 13.0 Å². The Balaban J connectivity index is 2.04. The van der Waals surface area contributed by atoms with Crippen molar-refractivity contribution in [3.05, 3.63) is 0 Å². The Kier molecular flexibility index (Phi) is 2.29. The van der Waals surface area contributed by atoms with E-state index in [4.69, 9.17) is 0 Å². The minimum atomic E-state index is -2.81. The number of nitrogens with one attached hydrogen (secondary N) is 1. The highest BCUT2D eigenvalue weighted by Gasteiger charge is 2.38. The molecule has 0 radical (unpaired) electrons. The zero-order valence-corrected chi connectivity index (χ0v) is 9.23. The molecule has 1 N–H and O–H groups in total. The molecular formula is C9H16N2O2S. The summed E-state index contributed by atoms with van der Waals surface area (Å²) in [4.78, 5) is 4.30. The Morgan fingerprint density at radius 2 is 2.29 bits per heavy atom. The van der Waals surface area contributed by atoms with Gasteiger partial charge < -0.3 is 5.32 Å². The third kappa shape index (κ3) is 2.08. The Bertz CT molecular complexity index is 361. The van der Waals surface area contributed by atoms with E-state index in [9.17, 15) is 8.42 Å². The maximum absolute atomic E-state index is 11.3. The summed E-state index contributed by atoms with van der Waals surface area (Å²) in [6.07, 6.45) is 2.76. The molecule has 0 aliphatic carbocycles. The van der Waals surface area contributed by atoms with Crippen LogP contribution < -0.4 is 5.32 Å². The second kappa shape index (κ2) is 3.22. The van der Waals surface area contributed by atoms with Gasteiger partial charge in [0.1, 0.15) is 0 Å². The standard InChI is InChI=1S/C9H16N2O2S/c1-9(4-6-14(12,13)7-9)11-8-3-2-5-10-8/h2-7H2,1H3,(H,10,11). The number of nitrogens with zero attached hydrogens (tertiary/aromatic N) is 1. The molecule has 0 aromatic rings.